The highest BCUT2D eigenvalue weighted by Gasteiger charge is 2.48. The van der Waals surface area contributed by atoms with Crippen molar-refractivity contribution in [2.45, 2.75) is 45.4 Å². The molecule has 1 atom stereocenters. The van der Waals surface area contributed by atoms with E-state index < -0.39 is 5.54 Å². The minimum atomic E-state index is -1.16. The number of rotatable bonds is 8. The molecule has 0 saturated carbocycles. The number of hydrogen-bond donors (Lipinski definition) is 1. The van der Waals surface area contributed by atoms with Crippen LogP contribution in [0, 0.1) is 0 Å². The Morgan fingerprint density at radius 2 is 1.68 bits per heavy atom. The number of ether oxygens (including phenoxy) is 1. The Morgan fingerprint density at radius 3 is 2.39 bits per heavy atom. The lowest BCUT2D eigenvalue weighted by Gasteiger charge is -2.43. The number of aryl methyl sites for hydroxylation is 1. The molecule has 194 valence electrons. The normalized spacial score (nSPS) is 16.7. The van der Waals surface area contributed by atoms with Crippen molar-refractivity contribution in [3.8, 4) is 17.0 Å². The first-order chi connectivity index (χ1) is 18.4. The van der Waals surface area contributed by atoms with Crippen LogP contribution in [0.1, 0.15) is 41.0 Å². The number of para-hydroxylation sites is 1. The number of fused-ring (bicyclic) bond motifs is 1. The largest absolute Gasteiger partial charge is 0.496 e. The molecule has 1 N–H and O–H groups in total. The third kappa shape index (κ3) is 4.79. The van der Waals surface area contributed by atoms with Gasteiger partial charge in [0.2, 0.25) is 5.91 Å². The van der Waals surface area contributed by atoms with Crippen LogP contribution >= 0.6 is 0 Å². The van der Waals surface area contributed by atoms with Gasteiger partial charge in [0, 0.05) is 24.2 Å². The average Bonchev–Trinajstić information content (AvgIpc) is 3.39. The summed E-state index contributed by atoms with van der Waals surface area (Å²) >= 11 is 0. The Labute approximate surface area is 223 Å². The van der Waals surface area contributed by atoms with Crippen LogP contribution in [-0.2, 0) is 30.8 Å². The van der Waals surface area contributed by atoms with Gasteiger partial charge >= 0.3 is 0 Å². The number of benzene rings is 3. The van der Waals surface area contributed by atoms with Crippen molar-refractivity contribution < 1.29 is 14.3 Å². The fourth-order valence-electron chi connectivity index (χ4n) is 4.92. The molecular formula is C31H32N4O3. The number of aromatic nitrogens is 2. The number of amides is 2. The maximum Gasteiger partial charge on any atom is 0.273 e. The molecule has 0 aliphatic carbocycles. The van der Waals surface area contributed by atoms with E-state index in [9.17, 15) is 9.59 Å². The molecule has 1 aliphatic rings. The molecule has 0 unspecified atom stereocenters. The number of nitrogens with zero attached hydrogens (tertiary/aromatic N) is 3. The number of hydrogen-bond acceptors (Lipinski definition) is 4. The molecule has 7 heteroatoms. The summed E-state index contributed by atoms with van der Waals surface area (Å²) in [5.41, 5.74) is 4.00. The molecule has 1 aromatic heterocycles. The molecule has 2 heterocycles. The number of methoxy groups -OCH3 is 1. The van der Waals surface area contributed by atoms with Gasteiger partial charge in [-0.25, -0.2) is 0 Å². The third-order valence-electron chi connectivity index (χ3n) is 7.26. The predicted octanol–water partition coefficient (Wildman–Crippen LogP) is 4.85. The van der Waals surface area contributed by atoms with Crippen molar-refractivity contribution >= 4 is 11.8 Å². The summed E-state index contributed by atoms with van der Waals surface area (Å²) in [5, 5.41) is 7.78. The molecule has 3 aromatic carbocycles. The Bertz CT molecular complexity index is 1450. The lowest BCUT2D eigenvalue weighted by Crippen LogP contribution is -2.63. The van der Waals surface area contributed by atoms with E-state index in [1.54, 1.807) is 16.7 Å². The molecule has 0 saturated heterocycles. The van der Waals surface area contributed by atoms with Gasteiger partial charge < -0.3 is 15.0 Å². The van der Waals surface area contributed by atoms with Crippen molar-refractivity contribution in [3.63, 3.8) is 0 Å². The highest BCUT2D eigenvalue weighted by Crippen LogP contribution is 2.32. The Morgan fingerprint density at radius 1 is 1.00 bits per heavy atom. The minimum absolute atomic E-state index is 0.222. The van der Waals surface area contributed by atoms with Crippen molar-refractivity contribution in [1.29, 1.82) is 0 Å². The molecule has 1 aliphatic heterocycles. The van der Waals surface area contributed by atoms with E-state index in [2.05, 4.69) is 24.4 Å². The van der Waals surface area contributed by atoms with E-state index in [0.29, 0.717) is 23.7 Å². The van der Waals surface area contributed by atoms with Crippen molar-refractivity contribution in [2.24, 2.45) is 0 Å². The fourth-order valence-corrected chi connectivity index (χ4v) is 4.92. The summed E-state index contributed by atoms with van der Waals surface area (Å²) in [5.74, 6) is 0.234. The zero-order valence-corrected chi connectivity index (χ0v) is 22.0. The number of carbonyl (C=O) groups excluding carboxylic acids is 2. The number of carbonyl (C=O) groups is 2. The smallest absolute Gasteiger partial charge is 0.273 e. The number of nitrogens with one attached hydrogen (secondary N) is 1. The molecule has 5 rings (SSSR count). The topological polar surface area (TPSA) is 76.5 Å². The maximum atomic E-state index is 13.9. The highest BCUT2D eigenvalue weighted by atomic mass is 16.5. The molecule has 2 amide bonds. The van der Waals surface area contributed by atoms with Crippen molar-refractivity contribution in [1.82, 2.24) is 20.0 Å². The summed E-state index contributed by atoms with van der Waals surface area (Å²) in [4.78, 5) is 29.5. The lowest BCUT2D eigenvalue weighted by atomic mass is 9.93. The Balaban J connectivity index is 1.48. The second-order valence-electron chi connectivity index (χ2n) is 9.77. The second kappa shape index (κ2) is 10.5. The summed E-state index contributed by atoms with van der Waals surface area (Å²) in [7, 11) is 1.61. The zero-order valence-electron chi connectivity index (χ0n) is 22.0. The summed E-state index contributed by atoms with van der Waals surface area (Å²) in [6, 6.07) is 27.3. The molecule has 0 bridgehead atoms. The first-order valence-corrected chi connectivity index (χ1v) is 12.9. The molecule has 0 fully saturated rings. The van der Waals surface area contributed by atoms with E-state index in [1.165, 1.54) is 5.56 Å². The van der Waals surface area contributed by atoms with Crippen molar-refractivity contribution in [2.75, 3.05) is 7.11 Å². The first kappa shape index (κ1) is 25.3. The first-order valence-electron chi connectivity index (χ1n) is 12.9. The molecule has 7 nitrogen and oxygen atoms in total. The van der Waals surface area contributed by atoms with Gasteiger partial charge in [-0.3, -0.25) is 14.3 Å². The van der Waals surface area contributed by atoms with Crippen LogP contribution in [-0.4, -0.2) is 39.1 Å². The Kier molecular flexibility index (Phi) is 7.01. The molecule has 0 spiro atoms. The molecule has 38 heavy (non-hydrogen) atoms. The monoisotopic (exact) mass is 508 g/mol. The SMILES string of the molecule is CCc1ccc(CN2C(=O)c3cc(-c4ccccc4)nn3C[C@@]2(C)C(=O)NCc2ccccc2OC)cc1. The summed E-state index contributed by atoms with van der Waals surface area (Å²) in [6.07, 6.45) is 0.938. The molecule has 4 aromatic rings. The van der Waals surface area contributed by atoms with E-state index in [4.69, 9.17) is 9.84 Å². The van der Waals surface area contributed by atoms with Gasteiger partial charge in [-0.1, -0.05) is 79.7 Å². The van der Waals surface area contributed by atoms with E-state index >= 15 is 0 Å². The standard InChI is InChI=1S/C31H32N4O3/c1-4-22-14-16-23(17-15-22)20-34-29(36)27-18-26(24-10-6-5-7-11-24)33-35(27)21-31(34,2)30(37)32-19-25-12-8-9-13-28(25)38-3/h5-18H,4,19-21H2,1-3H3,(H,32,37)/t31-/m0/s1. The van der Waals surface area contributed by atoms with Gasteiger partial charge in [0.25, 0.3) is 5.91 Å². The van der Waals surface area contributed by atoms with Crippen molar-refractivity contribution in [3.05, 3.63) is 107 Å². The summed E-state index contributed by atoms with van der Waals surface area (Å²) in [6.45, 7) is 4.76. The van der Waals surface area contributed by atoms with Crippen LogP contribution in [0.25, 0.3) is 11.3 Å². The molecule has 0 radical (unpaired) electrons. The molecular weight excluding hydrogens is 476 g/mol. The maximum absolute atomic E-state index is 13.9. The van der Waals surface area contributed by atoms with Crippen LogP contribution in [0.2, 0.25) is 0 Å². The van der Waals surface area contributed by atoms with Gasteiger partial charge in [-0.15, -0.1) is 0 Å². The van der Waals surface area contributed by atoms with E-state index in [1.807, 2.05) is 79.7 Å². The van der Waals surface area contributed by atoms with Gasteiger partial charge in [-0.2, -0.15) is 5.10 Å². The second-order valence-corrected chi connectivity index (χ2v) is 9.77. The van der Waals surface area contributed by atoms with Crippen LogP contribution in [0.3, 0.4) is 0 Å². The predicted molar refractivity (Wildman–Crippen MR) is 147 cm³/mol. The van der Waals surface area contributed by atoms with E-state index in [-0.39, 0.29) is 24.9 Å². The van der Waals surface area contributed by atoms with Crippen LogP contribution in [0.5, 0.6) is 5.75 Å². The fraction of sp³-hybridized carbons (Fsp3) is 0.258. The van der Waals surface area contributed by atoms with Crippen LogP contribution in [0.4, 0.5) is 0 Å². The Hall–Kier alpha value is -4.39. The summed E-state index contributed by atoms with van der Waals surface area (Å²) < 4.78 is 7.12. The van der Waals surface area contributed by atoms with Gasteiger partial charge in [-0.05, 0) is 36.6 Å². The van der Waals surface area contributed by atoms with Crippen LogP contribution in [0.15, 0.2) is 84.9 Å². The average molecular weight is 509 g/mol. The highest BCUT2D eigenvalue weighted by molar-refractivity contribution is 6.00. The van der Waals surface area contributed by atoms with Gasteiger partial charge in [0.05, 0.1) is 19.3 Å². The van der Waals surface area contributed by atoms with Gasteiger partial charge in [0.1, 0.15) is 17.0 Å². The van der Waals surface area contributed by atoms with Crippen LogP contribution < -0.4 is 10.1 Å². The quantitative estimate of drug-likeness (QED) is 0.369. The zero-order chi connectivity index (χ0) is 26.7. The lowest BCUT2D eigenvalue weighted by molar-refractivity contribution is -0.133. The third-order valence-corrected chi connectivity index (χ3v) is 7.26. The van der Waals surface area contributed by atoms with Gasteiger partial charge in [0.15, 0.2) is 0 Å². The van der Waals surface area contributed by atoms with E-state index in [0.717, 1.165) is 23.1 Å². The minimum Gasteiger partial charge on any atom is -0.496 e.